The van der Waals surface area contributed by atoms with Crippen molar-refractivity contribution < 1.29 is 4.74 Å². The molecule has 1 aromatic heterocycles. The van der Waals surface area contributed by atoms with Crippen molar-refractivity contribution >= 4 is 10.9 Å². The number of H-pyrrole nitrogens is 1. The maximum atomic E-state index is 5.64. The number of aromatic amines is 1. The van der Waals surface area contributed by atoms with Crippen molar-refractivity contribution in [1.29, 1.82) is 0 Å². The molecule has 1 N–H and O–H groups in total. The molecule has 1 heterocycles. The van der Waals surface area contributed by atoms with Crippen molar-refractivity contribution in [3.63, 3.8) is 0 Å². The van der Waals surface area contributed by atoms with Crippen LogP contribution in [0.25, 0.3) is 10.9 Å². The Morgan fingerprint density at radius 3 is 2.87 bits per heavy atom. The smallest absolute Gasteiger partial charge is 0.129 e. The van der Waals surface area contributed by atoms with Gasteiger partial charge < -0.3 is 9.72 Å². The Labute approximate surface area is 89.3 Å². The summed E-state index contributed by atoms with van der Waals surface area (Å²) in [6.45, 7) is 1.85. The Morgan fingerprint density at radius 1 is 1.27 bits per heavy atom. The number of benzene rings is 1. The van der Waals surface area contributed by atoms with E-state index in [0.717, 1.165) is 5.69 Å². The SMILES string of the molecule is [CH](OC1CCC1)c1cc2ccccc2[nH]1. The van der Waals surface area contributed by atoms with Gasteiger partial charge in [-0.2, -0.15) is 0 Å². The molecule has 15 heavy (non-hydrogen) atoms. The van der Waals surface area contributed by atoms with Crippen molar-refractivity contribution in [1.82, 2.24) is 4.98 Å². The molecule has 0 unspecified atom stereocenters. The van der Waals surface area contributed by atoms with Gasteiger partial charge in [0.2, 0.25) is 0 Å². The Hall–Kier alpha value is -1.28. The lowest BCUT2D eigenvalue weighted by atomic mass is 9.96. The molecule has 2 nitrogen and oxygen atoms in total. The van der Waals surface area contributed by atoms with Crippen LogP contribution in [0.4, 0.5) is 0 Å². The fourth-order valence-corrected chi connectivity index (χ4v) is 1.84. The van der Waals surface area contributed by atoms with Crippen LogP contribution in [0, 0.1) is 6.61 Å². The zero-order valence-corrected chi connectivity index (χ0v) is 8.57. The zero-order chi connectivity index (χ0) is 10.1. The van der Waals surface area contributed by atoms with E-state index in [2.05, 4.69) is 23.2 Å². The molecule has 0 spiro atoms. The van der Waals surface area contributed by atoms with Crippen LogP contribution in [-0.2, 0) is 4.74 Å². The lowest BCUT2D eigenvalue weighted by molar-refractivity contribution is 0.0506. The van der Waals surface area contributed by atoms with Crippen LogP contribution in [0.3, 0.4) is 0 Å². The highest BCUT2D eigenvalue weighted by Crippen LogP contribution is 2.24. The molecule has 0 bridgehead atoms. The molecular formula is C13H14NO. The van der Waals surface area contributed by atoms with Crippen molar-refractivity contribution in [3.8, 4) is 0 Å². The van der Waals surface area contributed by atoms with Crippen LogP contribution in [0.2, 0.25) is 0 Å². The van der Waals surface area contributed by atoms with Gasteiger partial charge in [0.1, 0.15) is 6.61 Å². The number of hydrogen-bond donors (Lipinski definition) is 1. The van der Waals surface area contributed by atoms with Crippen LogP contribution in [0.5, 0.6) is 0 Å². The fourth-order valence-electron chi connectivity index (χ4n) is 1.84. The van der Waals surface area contributed by atoms with E-state index >= 15 is 0 Å². The first-order valence-electron chi connectivity index (χ1n) is 5.48. The van der Waals surface area contributed by atoms with Crippen molar-refractivity contribution in [3.05, 3.63) is 42.6 Å². The lowest BCUT2D eigenvalue weighted by Crippen LogP contribution is -2.20. The van der Waals surface area contributed by atoms with E-state index in [-0.39, 0.29) is 0 Å². The highest BCUT2D eigenvalue weighted by atomic mass is 16.5. The van der Waals surface area contributed by atoms with E-state index in [0.29, 0.717) is 6.10 Å². The molecular weight excluding hydrogens is 186 g/mol. The minimum atomic E-state index is 0.455. The topological polar surface area (TPSA) is 25.0 Å². The summed E-state index contributed by atoms with van der Waals surface area (Å²) in [5.41, 5.74) is 2.23. The van der Waals surface area contributed by atoms with E-state index in [1.807, 2.05) is 18.7 Å². The summed E-state index contributed by atoms with van der Waals surface area (Å²) in [5.74, 6) is 0. The summed E-state index contributed by atoms with van der Waals surface area (Å²) in [4.78, 5) is 3.32. The molecule has 1 fully saturated rings. The van der Waals surface area contributed by atoms with Crippen molar-refractivity contribution in [2.75, 3.05) is 0 Å². The molecule has 0 atom stereocenters. The highest BCUT2D eigenvalue weighted by molar-refractivity contribution is 5.80. The van der Waals surface area contributed by atoms with Crippen LogP contribution in [-0.4, -0.2) is 11.1 Å². The third-order valence-corrected chi connectivity index (χ3v) is 2.99. The standard InChI is InChI=1S/C13H14NO/c1-2-7-13-10(4-1)8-11(14-13)9-15-12-5-3-6-12/h1-2,4,7-9,12,14H,3,5-6H2. The average molecular weight is 200 g/mol. The fraction of sp³-hybridized carbons (Fsp3) is 0.308. The van der Waals surface area contributed by atoms with Gasteiger partial charge in [-0.25, -0.2) is 0 Å². The minimum absolute atomic E-state index is 0.455. The molecule has 1 aliphatic rings. The molecule has 0 aliphatic heterocycles. The van der Waals surface area contributed by atoms with Crippen LogP contribution in [0.1, 0.15) is 25.0 Å². The third-order valence-electron chi connectivity index (χ3n) is 2.99. The largest absolute Gasteiger partial charge is 0.366 e. The predicted octanol–water partition coefficient (Wildman–Crippen LogP) is 3.25. The molecule has 0 saturated heterocycles. The lowest BCUT2D eigenvalue weighted by Gasteiger charge is -2.24. The molecule has 3 rings (SSSR count). The first-order chi connectivity index (χ1) is 7.42. The normalized spacial score (nSPS) is 16.8. The third kappa shape index (κ3) is 1.77. The van der Waals surface area contributed by atoms with Crippen molar-refractivity contribution in [2.45, 2.75) is 25.4 Å². The molecule has 1 aliphatic carbocycles. The summed E-state index contributed by atoms with van der Waals surface area (Å²) < 4.78 is 5.64. The molecule has 0 amide bonds. The minimum Gasteiger partial charge on any atom is -0.366 e. The second-order valence-electron chi connectivity index (χ2n) is 4.12. The van der Waals surface area contributed by atoms with Crippen LogP contribution in [0.15, 0.2) is 30.3 Å². The van der Waals surface area contributed by atoms with Gasteiger partial charge in [-0.3, -0.25) is 0 Å². The van der Waals surface area contributed by atoms with Gasteiger partial charge in [-0.1, -0.05) is 18.2 Å². The number of hydrogen-bond acceptors (Lipinski definition) is 1. The predicted molar refractivity (Wildman–Crippen MR) is 60.4 cm³/mol. The first kappa shape index (κ1) is 8.98. The molecule has 77 valence electrons. The Balaban J connectivity index is 1.73. The quantitative estimate of drug-likeness (QED) is 0.808. The maximum Gasteiger partial charge on any atom is 0.129 e. The second kappa shape index (κ2) is 3.70. The summed E-state index contributed by atoms with van der Waals surface area (Å²) in [6.07, 6.45) is 4.18. The van der Waals surface area contributed by atoms with E-state index < -0.39 is 0 Å². The average Bonchev–Trinajstić information content (AvgIpc) is 2.57. The molecule has 1 radical (unpaired) electrons. The van der Waals surface area contributed by atoms with Gasteiger partial charge in [-0.15, -0.1) is 0 Å². The van der Waals surface area contributed by atoms with Gasteiger partial charge in [-0.05, 0) is 36.8 Å². The molecule has 1 saturated carbocycles. The first-order valence-corrected chi connectivity index (χ1v) is 5.48. The van der Waals surface area contributed by atoms with Gasteiger partial charge >= 0.3 is 0 Å². The summed E-state index contributed by atoms with van der Waals surface area (Å²) in [5, 5.41) is 1.24. The number of nitrogens with one attached hydrogen (secondary N) is 1. The number of fused-ring (bicyclic) bond motifs is 1. The Kier molecular flexibility index (Phi) is 2.22. The monoisotopic (exact) mass is 200 g/mol. The summed E-state index contributed by atoms with van der Waals surface area (Å²) in [7, 11) is 0. The number of rotatable bonds is 3. The highest BCUT2D eigenvalue weighted by Gasteiger charge is 2.18. The van der Waals surface area contributed by atoms with Crippen molar-refractivity contribution in [2.24, 2.45) is 0 Å². The van der Waals surface area contributed by atoms with Gasteiger partial charge in [0, 0.05) is 11.2 Å². The van der Waals surface area contributed by atoms with Crippen LogP contribution >= 0.6 is 0 Å². The zero-order valence-electron chi connectivity index (χ0n) is 8.57. The Morgan fingerprint density at radius 2 is 2.13 bits per heavy atom. The van der Waals surface area contributed by atoms with Gasteiger partial charge in [0.05, 0.1) is 6.10 Å². The molecule has 1 aromatic carbocycles. The maximum absolute atomic E-state index is 5.64. The summed E-state index contributed by atoms with van der Waals surface area (Å²) in [6, 6.07) is 10.4. The van der Waals surface area contributed by atoms with Gasteiger partial charge in [0.25, 0.3) is 0 Å². The van der Waals surface area contributed by atoms with E-state index in [1.54, 1.807) is 0 Å². The number of ether oxygens (including phenoxy) is 1. The van der Waals surface area contributed by atoms with E-state index in [4.69, 9.17) is 4.74 Å². The van der Waals surface area contributed by atoms with Gasteiger partial charge in [0.15, 0.2) is 0 Å². The molecule has 2 aromatic rings. The van der Waals surface area contributed by atoms with Crippen LogP contribution < -0.4 is 0 Å². The van der Waals surface area contributed by atoms with E-state index in [1.165, 1.54) is 30.2 Å². The Bertz CT molecular complexity index is 423. The molecule has 2 heteroatoms. The second-order valence-corrected chi connectivity index (χ2v) is 4.12. The number of para-hydroxylation sites is 1. The summed E-state index contributed by atoms with van der Waals surface area (Å²) >= 11 is 0. The number of aromatic nitrogens is 1. The van der Waals surface area contributed by atoms with E-state index in [9.17, 15) is 0 Å².